The first-order valence-electron chi connectivity index (χ1n) is 7.76. The molecule has 1 aromatic carbocycles. The number of alkyl halides is 3. The van der Waals surface area contributed by atoms with Crippen LogP contribution in [0.4, 0.5) is 18.9 Å². The van der Waals surface area contributed by atoms with Crippen LogP contribution in [0.15, 0.2) is 23.2 Å². The van der Waals surface area contributed by atoms with Crippen LogP contribution in [0.25, 0.3) is 0 Å². The number of nitrogens with one attached hydrogen (secondary N) is 1. The molecule has 1 amide bonds. The molecule has 0 radical (unpaired) electrons. The van der Waals surface area contributed by atoms with E-state index in [2.05, 4.69) is 15.3 Å². The summed E-state index contributed by atoms with van der Waals surface area (Å²) < 4.78 is 39.1. The SMILES string of the molecule is Cc1c(C(=O)Nc2ccc3c(c2)C(C(F)(F)F)=NC3)nc(Cl)c(C#N)c1C. The lowest BCUT2D eigenvalue weighted by molar-refractivity contribution is -0.0579. The molecule has 5 nitrogen and oxygen atoms in total. The van der Waals surface area contributed by atoms with Crippen LogP contribution >= 0.6 is 11.6 Å². The van der Waals surface area contributed by atoms with Crippen molar-refractivity contribution in [1.29, 1.82) is 5.26 Å². The molecule has 1 N–H and O–H groups in total. The molecule has 27 heavy (non-hydrogen) atoms. The van der Waals surface area contributed by atoms with E-state index < -0.39 is 17.8 Å². The molecule has 0 aliphatic carbocycles. The number of pyridine rings is 1. The lowest BCUT2D eigenvalue weighted by Gasteiger charge is -2.13. The number of carbonyl (C=O) groups is 1. The van der Waals surface area contributed by atoms with Crippen molar-refractivity contribution in [3.63, 3.8) is 0 Å². The first kappa shape index (κ1) is 18.9. The second-order valence-corrected chi connectivity index (χ2v) is 6.33. The maximum Gasteiger partial charge on any atom is 0.433 e. The van der Waals surface area contributed by atoms with Gasteiger partial charge in [-0.2, -0.15) is 18.4 Å². The first-order chi connectivity index (χ1) is 12.6. The third-order valence-electron chi connectivity index (χ3n) is 4.33. The first-order valence-corrected chi connectivity index (χ1v) is 8.14. The van der Waals surface area contributed by atoms with Gasteiger partial charge in [0.1, 0.15) is 22.6 Å². The van der Waals surface area contributed by atoms with Gasteiger partial charge in [0.05, 0.1) is 12.1 Å². The van der Waals surface area contributed by atoms with E-state index in [0.29, 0.717) is 16.7 Å². The minimum Gasteiger partial charge on any atom is -0.321 e. The van der Waals surface area contributed by atoms with Gasteiger partial charge in [-0.15, -0.1) is 0 Å². The molecular formula is C18H12ClF3N4O. The normalized spacial score (nSPS) is 13.0. The maximum atomic E-state index is 13.0. The van der Waals surface area contributed by atoms with E-state index in [4.69, 9.17) is 16.9 Å². The van der Waals surface area contributed by atoms with Gasteiger partial charge in [0.2, 0.25) is 0 Å². The zero-order chi connectivity index (χ0) is 19.9. The predicted octanol–water partition coefficient (Wildman–Crippen LogP) is 4.34. The summed E-state index contributed by atoms with van der Waals surface area (Å²) in [6, 6.07) is 6.15. The third-order valence-corrected chi connectivity index (χ3v) is 4.61. The molecule has 1 aliphatic heterocycles. The Morgan fingerprint density at radius 1 is 1.30 bits per heavy atom. The third kappa shape index (κ3) is 3.38. The second-order valence-electron chi connectivity index (χ2n) is 5.98. The summed E-state index contributed by atoms with van der Waals surface area (Å²) in [5.41, 5.74) is 0.759. The molecule has 0 fully saturated rings. The quantitative estimate of drug-likeness (QED) is 0.772. The highest BCUT2D eigenvalue weighted by atomic mass is 35.5. The molecule has 1 aromatic heterocycles. The van der Waals surface area contributed by atoms with Gasteiger partial charge in [0.25, 0.3) is 5.91 Å². The number of fused-ring (bicyclic) bond motifs is 1. The van der Waals surface area contributed by atoms with Crippen LogP contribution in [0.3, 0.4) is 0 Å². The largest absolute Gasteiger partial charge is 0.433 e. The fourth-order valence-corrected chi connectivity index (χ4v) is 3.07. The summed E-state index contributed by atoms with van der Waals surface area (Å²) in [6.45, 7) is 3.20. The topological polar surface area (TPSA) is 78.1 Å². The van der Waals surface area contributed by atoms with E-state index in [1.807, 2.05) is 6.07 Å². The molecule has 0 bridgehead atoms. The van der Waals surface area contributed by atoms with Crippen LogP contribution in [0.2, 0.25) is 5.15 Å². The second kappa shape index (κ2) is 6.67. The van der Waals surface area contributed by atoms with E-state index >= 15 is 0 Å². The number of aromatic nitrogens is 1. The maximum absolute atomic E-state index is 13.0. The number of amides is 1. The van der Waals surface area contributed by atoms with Gasteiger partial charge in [-0.1, -0.05) is 17.7 Å². The summed E-state index contributed by atoms with van der Waals surface area (Å²) in [7, 11) is 0. The number of carbonyl (C=O) groups excluding carboxylic acids is 1. The minimum atomic E-state index is -4.57. The molecule has 9 heteroatoms. The molecular weight excluding hydrogens is 381 g/mol. The number of halogens is 4. The highest BCUT2D eigenvalue weighted by Crippen LogP contribution is 2.32. The number of rotatable bonds is 2. The Morgan fingerprint density at radius 3 is 2.63 bits per heavy atom. The average molecular weight is 393 g/mol. The molecule has 2 heterocycles. The van der Waals surface area contributed by atoms with Crippen molar-refractivity contribution in [1.82, 2.24) is 4.98 Å². The highest BCUT2D eigenvalue weighted by molar-refractivity contribution is 6.31. The number of nitriles is 1. The lowest BCUT2D eigenvalue weighted by atomic mass is 10.0. The Hall–Kier alpha value is -2.92. The van der Waals surface area contributed by atoms with Crippen molar-refractivity contribution in [3.8, 4) is 6.07 Å². The van der Waals surface area contributed by atoms with Crippen molar-refractivity contribution in [3.05, 3.63) is 56.9 Å². The molecule has 0 saturated heterocycles. The Balaban J connectivity index is 1.93. The van der Waals surface area contributed by atoms with Gasteiger partial charge in [-0.05, 0) is 42.7 Å². The average Bonchev–Trinajstić information content (AvgIpc) is 3.02. The summed E-state index contributed by atoms with van der Waals surface area (Å²) in [5.74, 6) is -0.634. The van der Waals surface area contributed by atoms with Gasteiger partial charge >= 0.3 is 6.18 Å². The van der Waals surface area contributed by atoms with Gasteiger partial charge in [-0.25, -0.2) is 4.98 Å². The number of hydrogen-bond donors (Lipinski definition) is 1. The van der Waals surface area contributed by atoms with Crippen LogP contribution in [0.1, 0.15) is 38.3 Å². The summed E-state index contributed by atoms with van der Waals surface area (Å²) in [5, 5.41) is 11.5. The summed E-state index contributed by atoms with van der Waals surface area (Å²) in [4.78, 5) is 20.0. The Bertz CT molecular complexity index is 1040. The molecule has 0 saturated carbocycles. The van der Waals surface area contributed by atoms with Crippen LogP contribution in [-0.2, 0) is 6.54 Å². The van der Waals surface area contributed by atoms with Crippen molar-refractivity contribution in [2.45, 2.75) is 26.6 Å². The lowest BCUT2D eigenvalue weighted by Crippen LogP contribution is -2.23. The van der Waals surface area contributed by atoms with Gasteiger partial charge in [0, 0.05) is 11.3 Å². The van der Waals surface area contributed by atoms with E-state index in [0.717, 1.165) is 0 Å². The van der Waals surface area contributed by atoms with E-state index in [1.165, 1.54) is 18.2 Å². The minimum absolute atomic E-state index is 0.00158. The van der Waals surface area contributed by atoms with Gasteiger partial charge in [-0.3, -0.25) is 9.79 Å². The van der Waals surface area contributed by atoms with Crippen LogP contribution in [0, 0.1) is 25.2 Å². The smallest absolute Gasteiger partial charge is 0.321 e. The van der Waals surface area contributed by atoms with Gasteiger partial charge in [0.15, 0.2) is 0 Å². The van der Waals surface area contributed by atoms with E-state index in [1.54, 1.807) is 13.8 Å². The Labute approximate surface area is 157 Å². The van der Waals surface area contributed by atoms with Crippen LogP contribution in [0.5, 0.6) is 0 Å². The van der Waals surface area contributed by atoms with E-state index in [-0.39, 0.29) is 34.2 Å². The number of benzene rings is 1. The summed E-state index contributed by atoms with van der Waals surface area (Å²) in [6.07, 6.45) is -4.57. The van der Waals surface area contributed by atoms with Crippen molar-refractivity contribution in [2.24, 2.45) is 4.99 Å². The van der Waals surface area contributed by atoms with Crippen molar-refractivity contribution < 1.29 is 18.0 Å². The van der Waals surface area contributed by atoms with Crippen LogP contribution in [-0.4, -0.2) is 22.8 Å². The standard InChI is InChI=1S/C18H12ClF3N4O/c1-8-9(2)14(26-16(19)13(8)6-23)17(27)25-11-4-3-10-7-24-15(12(10)5-11)18(20,21)22/h3-5H,7H2,1-2H3,(H,25,27). The van der Waals surface area contributed by atoms with Crippen molar-refractivity contribution in [2.75, 3.05) is 5.32 Å². The molecule has 3 rings (SSSR count). The van der Waals surface area contributed by atoms with E-state index in [9.17, 15) is 18.0 Å². The summed E-state index contributed by atoms with van der Waals surface area (Å²) >= 11 is 5.95. The number of hydrogen-bond acceptors (Lipinski definition) is 4. The fourth-order valence-electron chi connectivity index (χ4n) is 2.80. The zero-order valence-corrected chi connectivity index (χ0v) is 15.0. The molecule has 0 unspecified atom stereocenters. The molecule has 2 aromatic rings. The molecule has 0 atom stereocenters. The monoisotopic (exact) mass is 392 g/mol. The zero-order valence-electron chi connectivity index (χ0n) is 14.2. The molecule has 1 aliphatic rings. The molecule has 138 valence electrons. The Kier molecular flexibility index (Phi) is 4.66. The number of aliphatic imine (C=N–C) groups is 1. The van der Waals surface area contributed by atoms with Crippen LogP contribution < -0.4 is 5.32 Å². The molecule has 0 spiro atoms. The number of anilines is 1. The fraction of sp³-hybridized carbons (Fsp3) is 0.222. The van der Waals surface area contributed by atoms with Crippen molar-refractivity contribution >= 4 is 28.9 Å². The highest BCUT2D eigenvalue weighted by Gasteiger charge is 2.40. The number of nitrogens with zero attached hydrogens (tertiary/aromatic N) is 3. The Morgan fingerprint density at radius 2 is 2.00 bits per heavy atom. The van der Waals surface area contributed by atoms with Gasteiger partial charge < -0.3 is 5.32 Å². The predicted molar refractivity (Wildman–Crippen MR) is 94.1 cm³/mol.